The summed E-state index contributed by atoms with van der Waals surface area (Å²) in [5.41, 5.74) is 0.925. The van der Waals surface area contributed by atoms with Crippen LogP contribution < -0.4 is 4.74 Å². The first-order chi connectivity index (χ1) is 7.61. The van der Waals surface area contributed by atoms with Gasteiger partial charge in [0.15, 0.2) is 0 Å². The zero-order valence-electron chi connectivity index (χ0n) is 8.75. The summed E-state index contributed by atoms with van der Waals surface area (Å²) < 4.78 is 6.17. The molecule has 1 heterocycles. The molecule has 2 aromatic rings. The summed E-state index contributed by atoms with van der Waals surface area (Å²) in [7, 11) is 1.64. The van der Waals surface area contributed by atoms with Crippen LogP contribution in [0.15, 0.2) is 22.8 Å². The smallest absolute Gasteiger partial charge is 0.129 e. The molecule has 0 N–H and O–H groups in total. The van der Waals surface area contributed by atoms with Gasteiger partial charge in [-0.3, -0.25) is 0 Å². The molecule has 0 bridgehead atoms. The normalized spacial score (nSPS) is 10.5. The van der Waals surface area contributed by atoms with E-state index in [2.05, 4.69) is 20.9 Å². The van der Waals surface area contributed by atoms with Crippen LogP contribution in [0.5, 0.6) is 5.75 Å². The number of aryl methyl sites for hydroxylation is 1. The molecule has 84 valence electrons. The molecule has 0 saturated carbocycles. The number of benzene rings is 1. The lowest BCUT2D eigenvalue weighted by Crippen LogP contribution is -1.87. The van der Waals surface area contributed by atoms with E-state index in [1.165, 1.54) is 0 Å². The number of ether oxygens (including phenoxy) is 1. The molecular formula is C11H9BrClNOS. The fourth-order valence-corrected chi connectivity index (χ4v) is 2.88. The Morgan fingerprint density at radius 2 is 2.19 bits per heavy atom. The molecule has 0 unspecified atom stereocenters. The van der Waals surface area contributed by atoms with Crippen LogP contribution in [0, 0.1) is 6.92 Å². The number of nitrogens with zero attached hydrogens (tertiary/aromatic N) is 1. The first-order valence-electron chi connectivity index (χ1n) is 4.58. The molecule has 0 spiro atoms. The molecule has 0 atom stereocenters. The summed E-state index contributed by atoms with van der Waals surface area (Å²) in [6, 6.07) is 5.52. The number of hydrogen-bond acceptors (Lipinski definition) is 3. The summed E-state index contributed by atoms with van der Waals surface area (Å²) in [5, 5.41) is 1.59. The molecule has 0 fully saturated rings. The molecular weight excluding hydrogens is 310 g/mol. The van der Waals surface area contributed by atoms with Gasteiger partial charge in [0.1, 0.15) is 15.4 Å². The molecule has 0 radical (unpaired) electrons. The molecule has 16 heavy (non-hydrogen) atoms. The van der Waals surface area contributed by atoms with Gasteiger partial charge in [-0.05, 0) is 41.1 Å². The summed E-state index contributed by atoms with van der Waals surface area (Å²) in [4.78, 5) is 5.56. The Morgan fingerprint density at radius 3 is 2.75 bits per heavy atom. The van der Waals surface area contributed by atoms with Crippen molar-refractivity contribution in [3.05, 3.63) is 32.7 Å². The van der Waals surface area contributed by atoms with Crippen molar-refractivity contribution in [3.8, 4) is 16.3 Å². The Kier molecular flexibility index (Phi) is 3.52. The predicted molar refractivity (Wildman–Crippen MR) is 71.5 cm³/mol. The van der Waals surface area contributed by atoms with E-state index >= 15 is 0 Å². The van der Waals surface area contributed by atoms with Gasteiger partial charge in [-0.2, -0.15) is 0 Å². The van der Waals surface area contributed by atoms with Crippen molar-refractivity contribution < 1.29 is 4.74 Å². The van der Waals surface area contributed by atoms with E-state index in [0.29, 0.717) is 5.02 Å². The van der Waals surface area contributed by atoms with Crippen molar-refractivity contribution in [2.45, 2.75) is 6.92 Å². The highest BCUT2D eigenvalue weighted by Crippen LogP contribution is 2.37. The van der Waals surface area contributed by atoms with Gasteiger partial charge in [0.25, 0.3) is 0 Å². The number of methoxy groups -OCH3 is 1. The van der Waals surface area contributed by atoms with E-state index in [4.69, 9.17) is 16.3 Å². The van der Waals surface area contributed by atoms with Crippen molar-refractivity contribution in [2.24, 2.45) is 0 Å². The fourth-order valence-electron chi connectivity index (χ4n) is 1.34. The standard InChI is InChI=1S/C11H9BrClNOS/c1-6-10(12)14-11(16-6)8-5-7(13)3-4-9(8)15-2/h3-5H,1-2H3. The minimum atomic E-state index is 0.680. The summed E-state index contributed by atoms with van der Waals surface area (Å²) in [5.74, 6) is 0.783. The lowest BCUT2D eigenvalue weighted by molar-refractivity contribution is 0.416. The third-order valence-corrected chi connectivity index (χ3v) is 4.41. The molecule has 2 nitrogen and oxygen atoms in total. The van der Waals surface area contributed by atoms with Crippen LogP contribution in [0.25, 0.3) is 10.6 Å². The van der Waals surface area contributed by atoms with Gasteiger partial charge < -0.3 is 4.74 Å². The van der Waals surface area contributed by atoms with Crippen molar-refractivity contribution >= 4 is 38.9 Å². The van der Waals surface area contributed by atoms with Crippen molar-refractivity contribution in [1.29, 1.82) is 0 Å². The summed E-state index contributed by atoms with van der Waals surface area (Å²) in [6.45, 7) is 2.02. The van der Waals surface area contributed by atoms with Crippen LogP contribution in [0.2, 0.25) is 5.02 Å². The van der Waals surface area contributed by atoms with Gasteiger partial charge in [-0.15, -0.1) is 11.3 Å². The highest BCUT2D eigenvalue weighted by molar-refractivity contribution is 9.10. The van der Waals surface area contributed by atoms with Crippen LogP contribution in [0.1, 0.15) is 4.88 Å². The largest absolute Gasteiger partial charge is 0.496 e. The van der Waals surface area contributed by atoms with Crippen LogP contribution in [-0.4, -0.2) is 12.1 Å². The number of thiazole rings is 1. The molecule has 0 aliphatic heterocycles. The van der Waals surface area contributed by atoms with E-state index in [0.717, 1.165) is 25.8 Å². The quantitative estimate of drug-likeness (QED) is 0.811. The van der Waals surface area contributed by atoms with Crippen LogP contribution in [0.3, 0.4) is 0 Å². The maximum atomic E-state index is 5.98. The molecule has 2 rings (SSSR count). The second-order valence-corrected chi connectivity index (χ2v) is 5.60. The zero-order chi connectivity index (χ0) is 11.7. The lowest BCUT2D eigenvalue weighted by atomic mass is 10.2. The van der Waals surface area contributed by atoms with Crippen LogP contribution in [0.4, 0.5) is 0 Å². The molecule has 0 amide bonds. The SMILES string of the molecule is COc1ccc(Cl)cc1-c1nc(Br)c(C)s1. The number of aromatic nitrogens is 1. The third kappa shape index (κ3) is 2.24. The molecule has 5 heteroatoms. The topological polar surface area (TPSA) is 22.1 Å². The molecule has 0 aliphatic carbocycles. The van der Waals surface area contributed by atoms with Gasteiger partial charge in [0.05, 0.1) is 12.7 Å². The minimum Gasteiger partial charge on any atom is -0.496 e. The second-order valence-electron chi connectivity index (χ2n) is 3.21. The monoisotopic (exact) mass is 317 g/mol. The van der Waals surface area contributed by atoms with E-state index in [1.807, 2.05) is 19.1 Å². The summed E-state index contributed by atoms with van der Waals surface area (Å²) in [6.07, 6.45) is 0. The molecule has 1 aromatic carbocycles. The third-order valence-electron chi connectivity index (χ3n) is 2.13. The van der Waals surface area contributed by atoms with Crippen LogP contribution >= 0.6 is 38.9 Å². The Balaban J connectivity index is 2.57. The molecule has 1 aromatic heterocycles. The van der Waals surface area contributed by atoms with Crippen molar-refractivity contribution in [2.75, 3.05) is 7.11 Å². The molecule has 0 saturated heterocycles. The highest BCUT2D eigenvalue weighted by atomic mass is 79.9. The van der Waals surface area contributed by atoms with Crippen molar-refractivity contribution in [3.63, 3.8) is 0 Å². The Morgan fingerprint density at radius 1 is 1.44 bits per heavy atom. The average Bonchev–Trinajstić information content (AvgIpc) is 2.59. The number of hydrogen-bond donors (Lipinski definition) is 0. The number of halogens is 2. The average molecular weight is 319 g/mol. The maximum absolute atomic E-state index is 5.98. The van der Waals surface area contributed by atoms with Crippen LogP contribution in [-0.2, 0) is 0 Å². The van der Waals surface area contributed by atoms with E-state index < -0.39 is 0 Å². The molecule has 0 aliphatic rings. The van der Waals surface area contributed by atoms with E-state index in [9.17, 15) is 0 Å². The minimum absolute atomic E-state index is 0.680. The Bertz CT molecular complexity index is 507. The predicted octanol–water partition coefficient (Wildman–Crippen LogP) is 4.54. The Labute approximate surface area is 111 Å². The van der Waals surface area contributed by atoms with Gasteiger partial charge in [-0.1, -0.05) is 11.6 Å². The fraction of sp³-hybridized carbons (Fsp3) is 0.182. The summed E-state index contributed by atoms with van der Waals surface area (Å²) >= 11 is 11.0. The Hall–Kier alpha value is -0.580. The van der Waals surface area contributed by atoms with Gasteiger partial charge in [-0.25, -0.2) is 4.98 Å². The maximum Gasteiger partial charge on any atom is 0.129 e. The second kappa shape index (κ2) is 4.73. The number of rotatable bonds is 2. The first-order valence-corrected chi connectivity index (χ1v) is 6.57. The zero-order valence-corrected chi connectivity index (χ0v) is 11.9. The van der Waals surface area contributed by atoms with Gasteiger partial charge in [0.2, 0.25) is 0 Å². The van der Waals surface area contributed by atoms with Gasteiger partial charge >= 0.3 is 0 Å². The van der Waals surface area contributed by atoms with Gasteiger partial charge in [0, 0.05) is 9.90 Å². The highest BCUT2D eigenvalue weighted by Gasteiger charge is 2.12. The van der Waals surface area contributed by atoms with Crippen molar-refractivity contribution in [1.82, 2.24) is 4.98 Å². The lowest BCUT2D eigenvalue weighted by Gasteiger charge is -2.05. The van der Waals surface area contributed by atoms with E-state index in [1.54, 1.807) is 24.5 Å². The first kappa shape index (κ1) is 11.9. The van der Waals surface area contributed by atoms with E-state index in [-0.39, 0.29) is 0 Å².